The molecule has 22 heavy (non-hydrogen) atoms. The number of benzene rings is 2. The summed E-state index contributed by atoms with van der Waals surface area (Å²) in [6.45, 7) is 0.0500. The lowest BCUT2D eigenvalue weighted by Gasteiger charge is -2.06. The Hall–Kier alpha value is -1.92. The lowest BCUT2D eigenvalue weighted by atomic mass is 10.3. The molecular weight excluding hydrogens is 366 g/mol. The van der Waals surface area contributed by atoms with E-state index in [-0.39, 0.29) is 13.2 Å². The first-order chi connectivity index (χ1) is 10.7. The van der Waals surface area contributed by atoms with Crippen molar-refractivity contribution in [1.82, 2.24) is 4.98 Å². The third kappa shape index (κ3) is 3.84. The van der Waals surface area contributed by atoms with Crippen LogP contribution in [-0.4, -0.2) is 17.6 Å². The molecule has 0 N–H and O–H groups in total. The molecule has 6 heteroatoms. The van der Waals surface area contributed by atoms with Crippen LogP contribution in [0.15, 0.2) is 53.0 Å². The molecule has 1 heterocycles. The zero-order valence-electron chi connectivity index (χ0n) is 11.5. The Morgan fingerprint density at radius 2 is 1.91 bits per heavy atom. The molecule has 0 unspecified atom stereocenters. The van der Waals surface area contributed by atoms with Crippen LogP contribution in [0.25, 0.3) is 10.2 Å². The van der Waals surface area contributed by atoms with Gasteiger partial charge in [-0.3, -0.25) is 0 Å². The minimum absolute atomic E-state index is 0.119. The lowest BCUT2D eigenvalue weighted by molar-refractivity contribution is -0.147. The first kappa shape index (κ1) is 15.0. The molecule has 0 fully saturated rings. The third-order valence-corrected chi connectivity index (χ3v) is 4.40. The van der Waals surface area contributed by atoms with Crippen molar-refractivity contribution in [3.05, 3.63) is 58.0 Å². The fraction of sp³-hybridized carbons (Fsp3) is 0.125. The Bertz CT molecular complexity index is 752. The quantitative estimate of drug-likeness (QED) is 0.625. The van der Waals surface area contributed by atoms with Crippen LogP contribution in [0.1, 0.15) is 5.01 Å². The van der Waals surface area contributed by atoms with Gasteiger partial charge in [0.1, 0.15) is 17.4 Å². The second-order valence-corrected chi connectivity index (χ2v) is 6.51. The van der Waals surface area contributed by atoms with Gasteiger partial charge < -0.3 is 9.47 Å². The van der Waals surface area contributed by atoms with Crippen LogP contribution in [0.3, 0.4) is 0 Å². The molecule has 112 valence electrons. The minimum atomic E-state index is -0.415. The summed E-state index contributed by atoms with van der Waals surface area (Å²) in [6.07, 6.45) is 0. The SMILES string of the molecule is O=C(COc1ccc(Br)cc1)OCc1nc2ccccc2s1. The van der Waals surface area contributed by atoms with E-state index < -0.39 is 5.97 Å². The third-order valence-electron chi connectivity index (χ3n) is 2.87. The molecule has 0 radical (unpaired) electrons. The van der Waals surface area contributed by atoms with Crippen LogP contribution in [0.2, 0.25) is 0 Å². The van der Waals surface area contributed by atoms with Gasteiger partial charge in [-0.15, -0.1) is 11.3 Å². The van der Waals surface area contributed by atoms with Crippen LogP contribution in [0.5, 0.6) is 5.75 Å². The normalized spacial score (nSPS) is 10.6. The van der Waals surface area contributed by atoms with Gasteiger partial charge in [-0.25, -0.2) is 9.78 Å². The first-order valence-corrected chi connectivity index (χ1v) is 8.20. The highest BCUT2D eigenvalue weighted by Crippen LogP contribution is 2.22. The Balaban J connectivity index is 1.50. The predicted molar refractivity (Wildman–Crippen MR) is 89.1 cm³/mol. The molecule has 0 aliphatic carbocycles. The standard InChI is InChI=1S/C16H12BrNO3S/c17-11-5-7-12(8-6-11)20-10-16(19)21-9-15-18-13-3-1-2-4-14(13)22-15/h1-8H,9-10H2. The number of halogens is 1. The number of aromatic nitrogens is 1. The number of ether oxygens (including phenoxy) is 2. The number of para-hydroxylation sites is 1. The average molecular weight is 378 g/mol. The smallest absolute Gasteiger partial charge is 0.344 e. The van der Waals surface area contributed by atoms with Crippen molar-refractivity contribution >= 4 is 43.5 Å². The molecule has 0 aliphatic heterocycles. The van der Waals surface area contributed by atoms with Gasteiger partial charge in [0, 0.05) is 4.47 Å². The topological polar surface area (TPSA) is 48.4 Å². The molecule has 3 aromatic rings. The van der Waals surface area contributed by atoms with E-state index in [9.17, 15) is 4.79 Å². The van der Waals surface area contributed by atoms with Crippen molar-refractivity contribution < 1.29 is 14.3 Å². The number of fused-ring (bicyclic) bond motifs is 1. The monoisotopic (exact) mass is 377 g/mol. The van der Waals surface area contributed by atoms with Crippen molar-refractivity contribution in [1.29, 1.82) is 0 Å². The van der Waals surface area contributed by atoms with E-state index in [4.69, 9.17) is 9.47 Å². The second kappa shape index (κ2) is 6.89. The largest absolute Gasteiger partial charge is 0.482 e. The van der Waals surface area contributed by atoms with E-state index >= 15 is 0 Å². The Morgan fingerprint density at radius 3 is 2.68 bits per heavy atom. The second-order valence-electron chi connectivity index (χ2n) is 4.48. The number of esters is 1. The number of hydrogen-bond donors (Lipinski definition) is 0. The van der Waals surface area contributed by atoms with Crippen LogP contribution >= 0.6 is 27.3 Å². The maximum absolute atomic E-state index is 11.7. The molecule has 0 saturated heterocycles. The molecule has 0 bridgehead atoms. The van der Waals surface area contributed by atoms with Crippen molar-refractivity contribution in [3.63, 3.8) is 0 Å². The summed E-state index contributed by atoms with van der Waals surface area (Å²) in [7, 11) is 0. The average Bonchev–Trinajstić information content (AvgIpc) is 2.95. The highest BCUT2D eigenvalue weighted by Gasteiger charge is 2.08. The molecule has 0 spiro atoms. The summed E-state index contributed by atoms with van der Waals surface area (Å²) in [5.41, 5.74) is 0.921. The van der Waals surface area contributed by atoms with E-state index in [0.717, 1.165) is 19.7 Å². The molecule has 0 amide bonds. The summed E-state index contributed by atoms with van der Waals surface area (Å²) >= 11 is 4.86. The molecule has 4 nitrogen and oxygen atoms in total. The van der Waals surface area contributed by atoms with Gasteiger partial charge in [-0.2, -0.15) is 0 Å². The molecule has 0 aliphatic rings. The van der Waals surface area contributed by atoms with Crippen molar-refractivity contribution in [2.75, 3.05) is 6.61 Å². The van der Waals surface area contributed by atoms with Crippen LogP contribution in [0, 0.1) is 0 Å². The fourth-order valence-electron chi connectivity index (χ4n) is 1.84. The Labute approximate surface area is 139 Å². The molecule has 3 rings (SSSR count). The van der Waals surface area contributed by atoms with E-state index in [0.29, 0.717) is 5.75 Å². The maximum atomic E-state index is 11.7. The van der Waals surface area contributed by atoms with Gasteiger partial charge in [0.05, 0.1) is 10.2 Å². The van der Waals surface area contributed by atoms with Gasteiger partial charge in [0.2, 0.25) is 0 Å². The zero-order chi connectivity index (χ0) is 15.4. The maximum Gasteiger partial charge on any atom is 0.344 e. The molecule has 0 saturated carbocycles. The fourth-order valence-corrected chi connectivity index (χ4v) is 2.98. The van der Waals surface area contributed by atoms with Crippen LogP contribution in [-0.2, 0) is 16.1 Å². The minimum Gasteiger partial charge on any atom is -0.482 e. The number of nitrogens with zero attached hydrogens (tertiary/aromatic N) is 1. The summed E-state index contributed by atoms with van der Waals surface area (Å²) in [5.74, 6) is 0.210. The van der Waals surface area contributed by atoms with Crippen LogP contribution < -0.4 is 4.74 Å². The van der Waals surface area contributed by atoms with Gasteiger partial charge in [-0.05, 0) is 36.4 Å². The summed E-state index contributed by atoms with van der Waals surface area (Å²) in [5, 5.41) is 0.776. The van der Waals surface area contributed by atoms with E-state index in [1.807, 2.05) is 36.4 Å². The van der Waals surface area contributed by atoms with E-state index in [1.165, 1.54) is 11.3 Å². The van der Waals surface area contributed by atoms with Gasteiger partial charge in [0.15, 0.2) is 6.61 Å². The van der Waals surface area contributed by atoms with E-state index in [1.54, 1.807) is 12.1 Å². The highest BCUT2D eigenvalue weighted by molar-refractivity contribution is 9.10. The van der Waals surface area contributed by atoms with Gasteiger partial charge >= 0.3 is 5.97 Å². The number of rotatable bonds is 5. The van der Waals surface area contributed by atoms with Crippen molar-refractivity contribution in [2.24, 2.45) is 0 Å². The molecule has 1 aromatic heterocycles. The van der Waals surface area contributed by atoms with Gasteiger partial charge in [0.25, 0.3) is 0 Å². The summed E-state index contributed by atoms with van der Waals surface area (Å²) in [4.78, 5) is 16.1. The Kier molecular flexibility index (Phi) is 4.70. The molecular formula is C16H12BrNO3S. The lowest BCUT2D eigenvalue weighted by Crippen LogP contribution is -2.14. The number of thiazole rings is 1. The van der Waals surface area contributed by atoms with Gasteiger partial charge in [-0.1, -0.05) is 28.1 Å². The summed E-state index contributed by atoms with van der Waals surface area (Å²) in [6, 6.07) is 15.1. The zero-order valence-corrected chi connectivity index (χ0v) is 13.9. The molecule has 2 aromatic carbocycles. The van der Waals surface area contributed by atoms with Crippen molar-refractivity contribution in [2.45, 2.75) is 6.61 Å². The summed E-state index contributed by atoms with van der Waals surface area (Å²) < 4.78 is 12.6. The first-order valence-electron chi connectivity index (χ1n) is 6.59. The molecule has 0 atom stereocenters. The number of hydrogen-bond acceptors (Lipinski definition) is 5. The number of carbonyl (C=O) groups is 1. The predicted octanol–water partition coefficient (Wildman–Crippen LogP) is 4.18. The number of carbonyl (C=O) groups excluding carboxylic acids is 1. The Morgan fingerprint density at radius 1 is 1.14 bits per heavy atom. The van der Waals surface area contributed by atoms with Crippen molar-refractivity contribution in [3.8, 4) is 5.75 Å². The van der Waals surface area contributed by atoms with E-state index in [2.05, 4.69) is 20.9 Å². The van der Waals surface area contributed by atoms with Crippen LogP contribution in [0.4, 0.5) is 0 Å². The highest BCUT2D eigenvalue weighted by atomic mass is 79.9.